The lowest BCUT2D eigenvalue weighted by Gasteiger charge is -2.27. The van der Waals surface area contributed by atoms with Crippen molar-refractivity contribution in [1.82, 2.24) is 0 Å². The minimum atomic E-state index is -1.34. The van der Waals surface area contributed by atoms with Crippen molar-refractivity contribution in [3.63, 3.8) is 0 Å². The largest absolute Gasteiger partial charge is 0.376 e. The van der Waals surface area contributed by atoms with E-state index in [1.165, 1.54) is 12.8 Å². The molecule has 66 valence electrons. The summed E-state index contributed by atoms with van der Waals surface area (Å²) in [5.41, 5.74) is 0. The molecule has 0 saturated carbocycles. The summed E-state index contributed by atoms with van der Waals surface area (Å²) in [5, 5.41) is 0. The van der Waals surface area contributed by atoms with Crippen molar-refractivity contribution >= 4 is 16.7 Å². The lowest BCUT2D eigenvalue weighted by Crippen LogP contribution is -2.24. The van der Waals surface area contributed by atoms with Crippen LogP contribution in [0.1, 0.15) is 12.8 Å². The summed E-state index contributed by atoms with van der Waals surface area (Å²) in [7, 11) is -1.84. The summed E-state index contributed by atoms with van der Waals surface area (Å²) in [6, 6.07) is 0. The third-order valence-corrected chi connectivity index (χ3v) is 5.50. The minimum Gasteiger partial charge on any atom is -0.376 e. The van der Waals surface area contributed by atoms with Gasteiger partial charge in [0.05, 0.1) is 6.61 Å². The zero-order chi connectivity index (χ0) is 8.32. The van der Waals surface area contributed by atoms with Crippen LogP contribution in [0, 0.1) is 0 Å². The molecule has 0 amide bonds. The maximum atomic E-state index is 5.86. The van der Waals surface area contributed by atoms with Crippen LogP contribution in [0.5, 0.6) is 0 Å². The Morgan fingerprint density at radius 1 is 1.27 bits per heavy atom. The molecular weight excluding hydrogens is 175 g/mol. The van der Waals surface area contributed by atoms with Crippen molar-refractivity contribution in [1.29, 1.82) is 0 Å². The Balaban J connectivity index is 2.24. The van der Waals surface area contributed by atoms with Gasteiger partial charge >= 0.3 is 0 Å². The Morgan fingerprint density at radius 2 is 2.00 bits per heavy atom. The molecule has 0 radical (unpaired) electrons. The van der Waals surface area contributed by atoms with Gasteiger partial charge < -0.3 is 8.74 Å². The van der Waals surface area contributed by atoms with Crippen molar-refractivity contribution in [2.24, 2.45) is 0 Å². The maximum Gasteiger partial charge on any atom is 0.191 e. The fourth-order valence-corrected chi connectivity index (χ4v) is 4.91. The molecule has 1 unspecified atom stereocenters. The quantitative estimate of drug-likeness (QED) is 0.494. The fraction of sp³-hybridized carbons (Fsp3) is 1.00. The molecule has 1 rings (SSSR count). The first-order chi connectivity index (χ1) is 5.08. The van der Waals surface area contributed by atoms with Gasteiger partial charge in [0, 0.05) is 6.16 Å². The first-order valence-electron chi connectivity index (χ1n) is 4.17. The predicted octanol–water partition coefficient (Wildman–Crippen LogP) is 2.96. The Labute approximate surface area is 71.3 Å². The van der Waals surface area contributed by atoms with Crippen molar-refractivity contribution in [3.05, 3.63) is 0 Å². The van der Waals surface area contributed by atoms with Crippen LogP contribution < -0.4 is 0 Å². The summed E-state index contributed by atoms with van der Waals surface area (Å²) in [6.07, 6.45) is 3.66. The molecule has 0 bridgehead atoms. The topological polar surface area (TPSA) is 18.5 Å². The van der Waals surface area contributed by atoms with Crippen molar-refractivity contribution in [2.45, 2.75) is 32.5 Å². The van der Waals surface area contributed by atoms with Gasteiger partial charge in [0.15, 0.2) is 16.7 Å². The van der Waals surface area contributed by atoms with E-state index in [4.69, 9.17) is 8.74 Å². The van der Waals surface area contributed by atoms with Gasteiger partial charge in [0.1, 0.15) is 0 Å². The van der Waals surface area contributed by atoms with Crippen LogP contribution in [0.2, 0.25) is 19.6 Å². The smallest absolute Gasteiger partial charge is 0.191 e. The Bertz CT molecular complexity index is 118. The van der Waals surface area contributed by atoms with Crippen LogP contribution in [-0.4, -0.2) is 21.1 Å². The average molecular weight is 192 g/mol. The van der Waals surface area contributed by atoms with Gasteiger partial charge in [0.25, 0.3) is 0 Å². The molecule has 4 heteroatoms. The highest BCUT2D eigenvalue weighted by Crippen LogP contribution is 2.44. The molecule has 2 nitrogen and oxygen atoms in total. The van der Waals surface area contributed by atoms with Crippen LogP contribution in [0.4, 0.5) is 0 Å². The zero-order valence-electron chi connectivity index (χ0n) is 7.59. The molecular formula is C7H17O2PSi. The Morgan fingerprint density at radius 3 is 2.45 bits per heavy atom. The van der Waals surface area contributed by atoms with Crippen LogP contribution in [0.25, 0.3) is 0 Å². The van der Waals surface area contributed by atoms with Crippen molar-refractivity contribution < 1.29 is 8.74 Å². The minimum absolute atomic E-state index is 0.498. The van der Waals surface area contributed by atoms with Crippen molar-refractivity contribution in [3.8, 4) is 0 Å². The zero-order valence-corrected chi connectivity index (χ0v) is 9.49. The third kappa shape index (κ3) is 4.21. The second-order valence-electron chi connectivity index (χ2n) is 3.80. The summed E-state index contributed by atoms with van der Waals surface area (Å²) < 4.78 is 11.4. The van der Waals surface area contributed by atoms with E-state index in [1.807, 2.05) is 0 Å². The van der Waals surface area contributed by atoms with Gasteiger partial charge in [-0.25, -0.2) is 0 Å². The van der Waals surface area contributed by atoms with E-state index in [-0.39, 0.29) is 0 Å². The first-order valence-corrected chi connectivity index (χ1v) is 8.95. The van der Waals surface area contributed by atoms with Crippen LogP contribution in [-0.2, 0) is 8.74 Å². The van der Waals surface area contributed by atoms with E-state index in [9.17, 15) is 0 Å². The van der Waals surface area contributed by atoms with Gasteiger partial charge in [-0.2, -0.15) is 0 Å². The van der Waals surface area contributed by atoms with Gasteiger partial charge in [-0.05, 0) is 32.5 Å². The molecule has 1 saturated heterocycles. The highest BCUT2D eigenvalue weighted by molar-refractivity contribution is 7.49. The second-order valence-corrected chi connectivity index (χ2v) is 10.1. The summed E-state index contributed by atoms with van der Waals surface area (Å²) >= 11 is 0. The number of hydrogen-bond acceptors (Lipinski definition) is 2. The fourth-order valence-electron chi connectivity index (χ4n) is 0.951. The van der Waals surface area contributed by atoms with Crippen molar-refractivity contribution in [2.75, 3.05) is 12.8 Å². The number of hydrogen-bond donors (Lipinski definition) is 0. The predicted molar refractivity (Wildman–Crippen MR) is 51.4 cm³/mol. The van der Waals surface area contributed by atoms with E-state index in [2.05, 4.69) is 19.6 Å². The first kappa shape index (κ1) is 9.65. The molecule has 1 aliphatic heterocycles. The van der Waals surface area contributed by atoms with E-state index in [0.29, 0.717) is 0 Å². The van der Waals surface area contributed by atoms with Gasteiger partial charge in [0.2, 0.25) is 0 Å². The molecule has 0 aromatic rings. The lowest BCUT2D eigenvalue weighted by molar-refractivity contribution is 0.285. The van der Waals surface area contributed by atoms with Crippen LogP contribution >= 0.6 is 8.38 Å². The molecule has 11 heavy (non-hydrogen) atoms. The van der Waals surface area contributed by atoms with Gasteiger partial charge in [-0.3, -0.25) is 0 Å². The van der Waals surface area contributed by atoms with E-state index in [1.54, 1.807) is 0 Å². The summed E-state index contributed by atoms with van der Waals surface area (Å²) in [4.78, 5) is 0. The molecule has 0 aromatic heterocycles. The molecule has 0 N–H and O–H groups in total. The molecule has 1 aliphatic rings. The highest BCUT2D eigenvalue weighted by Gasteiger charge is 2.23. The monoisotopic (exact) mass is 192 g/mol. The Kier molecular flexibility index (Phi) is 3.50. The molecule has 0 aliphatic carbocycles. The van der Waals surface area contributed by atoms with Gasteiger partial charge in [-0.1, -0.05) is 0 Å². The van der Waals surface area contributed by atoms with Gasteiger partial charge in [-0.15, -0.1) is 0 Å². The Hall–Kier alpha value is 0.567. The molecule has 1 heterocycles. The van der Waals surface area contributed by atoms with E-state index in [0.717, 1.165) is 12.8 Å². The summed E-state index contributed by atoms with van der Waals surface area (Å²) in [6.45, 7) is 7.56. The SMILES string of the molecule is C[Si](C)(C)OP1CCCCO1. The molecule has 1 fully saturated rings. The third-order valence-electron chi connectivity index (χ3n) is 1.35. The van der Waals surface area contributed by atoms with Crippen LogP contribution in [0.15, 0.2) is 0 Å². The maximum absolute atomic E-state index is 5.86. The van der Waals surface area contributed by atoms with E-state index >= 15 is 0 Å². The van der Waals surface area contributed by atoms with Crippen LogP contribution in [0.3, 0.4) is 0 Å². The summed E-state index contributed by atoms with van der Waals surface area (Å²) in [5.74, 6) is 0. The molecule has 0 aromatic carbocycles. The van der Waals surface area contributed by atoms with E-state index < -0.39 is 16.7 Å². The number of rotatable bonds is 2. The molecule has 1 atom stereocenters. The second kappa shape index (κ2) is 3.99. The highest BCUT2D eigenvalue weighted by atomic mass is 31.2. The standard InChI is InChI=1S/C7H17O2PSi/c1-11(2,3)9-10-7-5-4-6-8-10/h4-7H2,1-3H3. The average Bonchev–Trinajstić information content (AvgIpc) is 1.85. The molecule has 0 spiro atoms. The lowest BCUT2D eigenvalue weighted by atomic mass is 10.4. The normalized spacial score (nSPS) is 27.0.